The van der Waals surface area contributed by atoms with Crippen LogP contribution in [-0.4, -0.2) is 50.5 Å². The largest absolute Gasteiger partial charge is 0.493 e. The predicted octanol–water partition coefficient (Wildman–Crippen LogP) is 3.20. The molecular formula is C27H32N4O7. The van der Waals surface area contributed by atoms with Gasteiger partial charge in [-0.3, -0.25) is 4.79 Å². The highest BCUT2D eigenvalue weighted by Gasteiger charge is 2.32. The molecular weight excluding hydrogens is 492 g/mol. The van der Waals surface area contributed by atoms with E-state index in [0.717, 1.165) is 5.56 Å². The zero-order chi connectivity index (χ0) is 27.7. The lowest BCUT2D eigenvalue weighted by atomic mass is 9.95. The topological polar surface area (TPSA) is 137 Å². The van der Waals surface area contributed by atoms with Gasteiger partial charge in [-0.1, -0.05) is 18.2 Å². The highest BCUT2D eigenvalue weighted by molar-refractivity contribution is 5.95. The number of rotatable bonds is 11. The number of ether oxygens (including phenoxy) is 4. The Morgan fingerprint density at radius 1 is 1.16 bits per heavy atom. The van der Waals surface area contributed by atoms with Gasteiger partial charge in [-0.05, 0) is 63.1 Å². The molecule has 3 rings (SSSR count). The predicted molar refractivity (Wildman–Crippen MR) is 140 cm³/mol. The molecule has 1 aliphatic heterocycles. The number of methoxy groups -OCH3 is 1. The number of urea groups is 1. The van der Waals surface area contributed by atoms with Crippen molar-refractivity contribution in [3.63, 3.8) is 0 Å². The van der Waals surface area contributed by atoms with Crippen LogP contribution in [0.4, 0.5) is 4.79 Å². The molecule has 0 spiro atoms. The Balaban J connectivity index is 1.65. The Morgan fingerprint density at radius 3 is 2.66 bits per heavy atom. The van der Waals surface area contributed by atoms with E-state index in [4.69, 9.17) is 18.9 Å². The lowest BCUT2D eigenvalue weighted by Crippen LogP contribution is -2.45. The third kappa shape index (κ3) is 7.48. The first-order chi connectivity index (χ1) is 18.2. The fraction of sp³-hybridized carbons (Fsp3) is 0.333. The Kier molecular flexibility index (Phi) is 9.69. The molecule has 0 aromatic heterocycles. The molecule has 1 heterocycles. The second kappa shape index (κ2) is 13.1. The van der Waals surface area contributed by atoms with Gasteiger partial charge >= 0.3 is 12.0 Å². The van der Waals surface area contributed by atoms with Crippen molar-refractivity contribution in [3.8, 4) is 17.2 Å². The minimum absolute atomic E-state index is 0.0451. The van der Waals surface area contributed by atoms with Crippen LogP contribution < -0.4 is 30.3 Å². The van der Waals surface area contributed by atoms with Crippen molar-refractivity contribution in [3.05, 3.63) is 64.9 Å². The SMILES string of the molecule is CCOC(=O)C1=C(C)NC(=O)N[C@@H]1c1ccc(OCC(=O)N/N=C/c2cccc(OC(C)C)c2)c(OC)c1. The van der Waals surface area contributed by atoms with Gasteiger partial charge in [0.15, 0.2) is 18.1 Å². The Morgan fingerprint density at radius 2 is 1.95 bits per heavy atom. The number of amides is 3. The summed E-state index contributed by atoms with van der Waals surface area (Å²) in [5.74, 6) is 0.300. The van der Waals surface area contributed by atoms with Gasteiger partial charge in [0.2, 0.25) is 0 Å². The van der Waals surface area contributed by atoms with Gasteiger partial charge in [-0.2, -0.15) is 5.10 Å². The molecule has 38 heavy (non-hydrogen) atoms. The zero-order valence-electron chi connectivity index (χ0n) is 22.0. The van der Waals surface area contributed by atoms with Gasteiger partial charge in [-0.15, -0.1) is 0 Å². The summed E-state index contributed by atoms with van der Waals surface area (Å²) in [6, 6.07) is 11.0. The van der Waals surface area contributed by atoms with E-state index in [2.05, 4.69) is 21.2 Å². The number of hydrazone groups is 1. The maximum Gasteiger partial charge on any atom is 0.338 e. The van der Waals surface area contributed by atoms with Crippen LogP contribution in [0.3, 0.4) is 0 Å². The summed E-state index contributed by atoms with van der Waals surface area (Å²) in [6.07, 6.45) is 1.55. The van der Waals surface area contributed by atoms with Crippen LogP contribution in [-0.2, 0) is 14.3 Å². The molecule has 11 heteroatoms. The highest BCUT2D eigenvalue weighted by atomic mass is 16.5. The Hall–Kier alpha value is -4.54. The molecule has 1 atom stereocenters. The Bertz CT molecular complexity index is 1240. The molecule has 2 aromatic carbocycles. The van der Waals surface area contributed by atoms with E-state index >= 15 is 0 Å². The molecule has 11 nitrogen and oxygen atoms in total. The number of nitrogens with one attached hydrogen (secondary N) is 3. The second-order valence-electron chi connectivity index (χ2n) is 8.52. The van der Waals surface area contributed by atoms with Gasteiger partial charge in [0.25, 0.3) is 5.91 Å². The summed E-state index contributed by atoms with van der Waals surface area (Å²) in [5.41, 5.74) is 4.42. The van der Waals surface area contributed by atoms with Gasteiger partial charge in [0.1, 0.15) is 5.75 Å². The second-order valence-corrected chi connectivity index (χ2v) is 8.52. The molecule has 0 saturated heterocycles. The molecule has 2 aromatic rings. The zero-order valence-corrected chi connectivity index (χ0v) is 22.0. The van der Waals surface area contributed by atoms with Crippen molar-refractivity contribution in [2.75, 3.05) is 20.3 Å². The van der Waals surface area contributed by atoms with Crippen LogP contribution >= 0.6 is 0 Å². The number of esters is 1. The summed E-state index contributed by atoms with van der Waals surface area (Å²) >= 11 is 0. The van der Waals surface area contributed by atoms with E-state index in [0.29, 0.717) is 28.5 Å². The number of hydrogen-bond donors (Lipinski definition) is 3. The maximum absolute atomic E-state index is 12.5. The minimum atomic E-state index is -0.757. The lowest BCUT2D eigenvalue weighted by Gasteiger charge is -2.28. The smallest absolute Gasteiger partial charge is 0.338 e. The van der Waals surface area contributed by atoms with Crippen molar-refractivity contribution in [2.24, 2.45) is 5.10 Å². The fourth-order valence-electron chi connectivity index (χ4n) is 3.70. The quantitative estimate of drug-likeness (QED) is 0.233. The molecule has 3 amide bonds. The normalized spacial score (nSPS) is 15.1. The van der Waals surface area contributed by atoms with Crippen molar-refractivity contribution in [2.45, 2.75) is 39.8 Å². The maximum atomic E-state index is 12.5. The van der Waals surface area contributed by atoms with Crippen LogP contribution in [0.5, 0.6) is 17.2 Å². The number of carbonyl (C=O) groups is 3. The van der Waals surface area contributed by atoms with Crippen LogP contribution in [0.25, 0.3) is 0 Å². The van der Waals surface area contributed by atoms with Crippen molar-refractivity contribution >= 4 is 24.1 Å². The van der Waals surface area contributed by atoms with Crippen LogP contribution in [0.1, 0.15) is 44.9 Å². The first-order valence-corrected chi connectivity index (χ1v) is 12.1. The van der Waals surface area contributed by atoms with E-state index in [1.807, 2.05) is 38.1 Å². The van der Waals surface area contributed by atoms with Gasteiger partial charge in [0.05, 0.1) is 37.7 Å². The average molecular weight is 525 g/mol. The first kappa shape index (κ1) is 28.0. The van der Waals surface area contributed by atoms with Crippen LogP contribution in [0.15, 0.2) is 58.8 Å². The molecule has 0 radical (unpaired) electrons. The molecule has 1 aliphatic rings. The number of benzene rings is 2. The number of allylic oxidation sites excluding steroid dienone is 1. The molecule has 3 N–H and O–H groups in total. The molecule has 202 valence electrons. The summed E-state index contributed by atoms with van der Waals surface area (Å²) in [4.78, 5) is 36.9. The number of nitrogens with zero attached hydrogens (tertiary/aromatic N) is 1. The van der Waals surface area contributed by atoms with Crippen LogP contribution in [0.2, 0.25) is 0 Å². The van der Waals surface area contributed by atoms with Gasteiger partial charge < -0.3 is 29.6 Å². The summed E-state index contributed by atoms with van der Waals surface area (Å²) in [6.45, 7) is 7.08. The highest BCUT2D eigenvalue weighted by Crippen LogP contribution is 2.34. The standard InChI is InChI=1S/C27H32N4O7/c1-6-36-26(33)24-17(4)29-27(34)30-25(24)19-10-11-21(22(13-19)35-5)37-15-23(32)31-28-14-18-8-7-9-20(12-18)38-16(2)3/h7-14,16,25H,6,15H2,1-5H3,(H,31,32)(H2,29,30,34)/b28-14+/t25-/m1/s1. The van der Waals surface area contributed by atoms with Crippen molar-refractivity contribution < 1.29 is 33.3 Å². The van der Waals surface area contributed by atoms with E-state index in [9.17, 15) is 14.4 Å². The average Bonchev–Trinajstić information content (AvgIpc) is 2.86. The summed E-state index contributed by atoms with van der Waals surface area (Å²) < 4.78 is 21.9. The van der Waals surface area contributed by atoms with E-state index < -0.39 is 23.9 Å². The molecule has 0 bridgehead atoms. The fourth-order valence-corrected chi connectivity index (χ4v) is 3.70. The third-order valence-corrected chi connectivity index (χ3v) is 5.28. The summed E-state index contributed by atoms with van der Waals surface area (Å²) in [5, 5.41) is 9.28. The molecule has 0 aliphatic carbocycles. The monoisotopic (exact) mass is 524 g/mol. The van der Waals surface area contributed by atoms with Crippen molar-refractivity contribution in [1.82, 2.24) is 16.1 Å². The molecule has 0 unspecified atom stereocenters. The van der Waals surface area contributed by atoms with E-state index in [-0.39, 0.29) is 24.9 Å². The summed E-state index contributed by atoms with van der Waals surface area (Å²) in [7, 11) is 1.45. The lowest BCUT2D eigenvalue weighted by molar-refractivity contribution is -0.139. The van der Waals surface area contributed by atoms with Gasteiger partial charge in [-0.25, -0.2) is 15.0 Å². The Labute approximate surface area is 221 Å². The van der Waals surface area contributed by atoms with Crippen LogP contribution in [0, 0.1) is 0 Å². The number of hydrogen-bond acceptors (Lipinski definition) is 8. The molecule has 0 saturated carbocycles. The van der Waals surface area contributed by atoms with E-state index in [1.165, 1.54) is 13.3 Å². The third-order valence-electron chi connectivity index (χ3n) is 5.28. The van der Waals surface area contributed by atoms with Crippen molar-refractivity contribution in [1.29, 1.82) is 0 Å². The van der Waals surface area contributed by atoms with Gasteiger partial charge in [0, 0.05) is 5.70 Å². The van der Waals surface area contributed by atoms with E-state index in [1.54, 1.807) is 32.0 Å². The minimum Gasteiger partial charge on any atom is -0.493 e. The first-order valence-electron chi connectivity index (χ1n) is 12.1. The molecule has 0 fully saturated rings. The number of carbonyl (C=O) groups excluding carboxylic acids is 3.